The van der Waals surface area contributed by atoms with Gasteiger partial charge < -0.3 is 9.80 Å². The Morgan fingerprint density at radius 2 is 2.00 bits per heavy atom. The van der Waals surface area contributed by atoms with Gasteiger partial charge in [0.1, 0.15) is 5.82 Å². The molecule has 1 fully saturated rings. The van der Waals surface area contributed by atoms with Gasteiger partial charge in [-0.05, 0) is 12.1 Å². The Labute approximate surface area is 93.7 Å². The van der Waals surface area contributed by atoms with Crippen LogP contribution in [-0.4, -0.2) is 48.3 Å². The van der Waals surface area contributed by atoms with Crippen LogP contribution in [0.5, 0.6) is 0 Å². The number of hydrogen-bond donors (Lipinski definition) is 0. The minimum Gasteiger partial charge on any atom is -0.353 e. The standard InChI is InChI=1S/C11H13N3O2/c15-9-11(16)14-7-5-13(6-8-14)10-3-1-2-4-12-10/h1-4,9H,5-8H2. The lowest BCUT2D eigenvalue weighted by Crippen LogP contribution is -2.49. The predicted molar refractivity (Wildman–Crippen MR) is 59.1 cm³/mol. The summed E-state index contributed by atoms with van der Waals surface area (Å²) in [7, 11) is 0. The summed E-state index contributed by atoms with van der Waals surface area (Å²) in [5.41, 5.74) is 0. The van der Waals surface area contributed by atoms with Gasteiger partial charge in [-0.3, -0.25) is 9.59 Å². The van der Waals surface area contributed by atoms with E-state index in [4.69, 9.17) is 0 Å². The minimum absolute atomic E-state index is 0.371. The van der Waals surface area contributed by atoms with E-state index in [0.29, 0.717) is 19.4 Å². The zero-order valence-corrected chi connectivity index (χ0v) is 8.87. The summed E-state index contributed by atoms with van der Waals surface area (Å²) in [6, 6.07) is 5.75. The molecule has 0 N–H and O–H groups in total. The van der Waals surface area contributed by atoms with Gasteiger partial charge >= 0.3 is 0 Å². The first-order valence-corrected chi connectivity index (χ1v) is 5.21. The van der Waals surface area contributed by atoms with Crippen molar-refractivity contribution in [3.8, 4) is 0 Å². The van der Waals surface area contributed by atoms with Crippen LogP contribution in [-0.2, 0) is 9.59 Å². The molecule has 1 saturated heterocycles. The lowest BCUT2D eigenvalue weighted by molar-refractivity contribution is -0.139. The van der Waals surface area contributed by atoms with Gasteiger partial charge in [0.2, 0.25) is 6.29 Å². The van der Waals surface area contributed by atoms with Gasteiger partial charge in [-0.1, -0.05) is 6.07 Å². The summed E-state index contributed by atoms with van der Waals surface area (Å²) in [5, 5.41) is 0. The van der Waals surface area contributed by atoms with Crippen molar-refractivity contribution in [3.63, 3.8) is 0 Å². The summed E-state index contributed by atoms with van der Waals surface area (Å²) < 4.78 is 0. The van der Waals surface area contributed by atoms with Crippen LogP contribution in [0, 0.1) is 0 Å². The third kappa shape index (κ3) is 2.18. The predicted octanol–water partition coefficient (Wildman–Crippen LogP) is -0.0709. The van der Waals surface area contributed by atoms with Crippen LogP contribution < -0.4 is 4.90 Å². The fourth-order valence-electron chi connectivity index (χ4n) is 1.77. The Morgan fingerprint density at radius 1 is 1.25 bits per heavy atom. The van der Waals surface area contributed by atoms with Crippen LogP contribution in [0.25, 0.3) is 0 Å². The zero-order valence-electron chi connectivity index (χ0n) is 8.87. The molecule has 0 saturated carbocycles. The maximum absolute atomic E-state index is 11.1. The Hall–Kier alpha value is -1.91. The second-order valence-corrected chi connectivity index (χ2v) is 3.62. The maximum atomic E-state index is 11.1. The largest absolute Gasteiger partial charge is 0.353 e. The molecule has 2 heterocycles. The Bertz CT molecular complexity index is 372. The molecule has 16 heavy (non-hydrogen) atoms. The molecule has 1 amide bonds. The number of aromatic nitrogens is 1. The average Bonchev–Trinajstić information content (AvgIpc) is 2.39. The molecular formula is C11H13N3O2. The third-order valence-corrected chi connectivity index (χ3v) is 2.67. The van der Waals surface area contributed by atoms with E-state index >= 15 is 0 Å². The first-order valence-electron chi connectivity index (χ1n) is 5.21. The van der Waals surface area contributed by atoms with Crippen molar-refractivity contribution in [2.24, 2.45) is 0 Å². The number of anilines is 1. The van der Waals surface area contributed by atoms with Crippen molar-refractivity contribution in [1.29, 1.82) is 0 Å². The second kappa shape index (κ2) is 4.74. The van der Waals surface area contributed by atoms with E-state index in [0.717, 1.165) is 18.9 Å². The number of aldehydes is 1. The number of nitrogens with zero attached hydrogens (tertiary/aromatic N) is 3. The van der Waals surface area contributed by atoms with E-state index in [1.807, 2.05) is 18.2 Å². The monoisotopic (exact) mass is 219 g/mol. The van der Waals surface area contributed by atoms with Crippen LogP contribution in [0.4, 0.5) is 5.82 Å². The summed E-state index contributed by atoms with van der Waals surface area (Å²) in [6.07, 6.45) is 2.12. The fourth-order valence-corrected chi connectivity index (χ4v) is 1.77. The summed E-state index contributed by atoms with van der Waals surface area (Å²) in [5.74, 6) is 0.487. The molecule has 0 spiro atoms. The lowest BCUT2D eigenvalue weighted by Gasteiger charge is -2.34. The topological polar surface area (TPSA) is 53.5 Å². The number of piperazine rings is 1. The van der Waals surface area contributed by atoms with E-state index in [1.54, 1.807) is 11.1 Å². The summed E-state index contributed by atoms with van der Waals surface area (Å²) in [4.78, 5) is 29.4. The SMILES string of the molecule is O=CC(=O)N1CCN(c2ccccn2)CC1. The molecule has 5 heteroatoms. The molecule has 0 aliphatic carbocycles. The van der Waals surface area contributed by atoms with Crippen LogP contribution in [0.15, 0.2) is 24.4 Å². The lowest BCUT2D eigenvalue weighted by atomic mass is 10.3. The molecule has 1 aromatic heterocycles. The first kappa shape index (κ1) is 10.6. The quantitative estimate of drug-likeness (QED) is 0.516. The molecule has 1 aromatic rings. The van der Waals surface area contributed by atoms with Crippen molar-refractivity contribution in [2.75, 3.05) is 31.1 Å². The van der Waals surface area contributed by atoms with Crippen molar-refractivity contribution < 1.29 is 9.59 Å². The number of hydrogen-bond acceptors (Lipinski definition) is 4. The Morgan fingerprint density at radius 3 is 2.56 bits per heavy atom. The zero-order chi connectivity index (χ0) is 11.4. The fraction of sp³-hybridized carbons (Fsp3) is 0.364. The molecule has 1 aliphatic rings. The molecule has 0 unspecified atom stereocenters. The number of amides is 1. The molecule has 2 rings (SSSR count). The van der Waals surface area contributed by atoms with Crippen LogP contribution in [0.1, 0.15) is 0 Å². The van der Waals surface area contributed by atoms with Gasteiger partial charge in [-0.25, -0.2) is 4.98 Å². The van der Waals surface area contributed by atoms with Crippen molar-refractivity contribution in [2.45, 2.75) is 0 Å². The number of carbonyl (C=O) groups is 2. The molecule has 84 valence electrons. The number of pyridine rings is 1. The molecule has 0 radical (unpaired) electrons. The van der Waals surface area contributed by atoms with Crippen molar-refractivity contribution in [1.82, 2.24) is 9.88 Å². The molecule has 0 aromatic carbocycles. The minimum atomic E-state index is -0.430. The van der Waals surface area contributed by atoms with Gasteiger partial charge in [0.15, 0.2) is 0 Å². The van der Waals surface area contributed by atoms with Crippen molar-refractivity contribution in [3.05, 3.63) is 24.4 Å². The van der Waals surface area contributed by atoms with Crippen LogP contribution in [0.3, 0.4) is 0 Å². The van der Waals surface area contributed by atoms with E-state index in [9.17, 15) is 9.59 Å². The highest BCUT2D eigenvalue weighted by Crippen LogP contribution is 2.11. The van der Waals surface area contributed by atoms with E-state index in [-0.39, 0.29) is 0 Å². The first-order chi connectivity index (χ1) is 7.81. The van der Waals surface area contributed by atoms with E-state index < -0.39 is 5.91 Å². The van der Waals surface area contributed by atoms with Gasteiger partial charge in [-0.2, -0.15) is 0 Å². The molecule has 5 nitrogen and oxygen atoms in total. The Kier molecular flexibility index (Phi) is 3.14. The van der Waals surface area contributed by atoms with E-state index in [2.05, 4.69) is 9.88 Å². The summed E-state index contributed by atoms with van der Waals surface area (Å²) in [6.45, 7) is 2.59. The van der Waals surface area contributed by atoms with E-state index in [1.165, 1.54) is 0 Å². The molecule has 1 aliphatic heterocycles. The second-order valence-electron chi connectivity index (χ2n) is 3.62. The summed E-state index contributed by atoms with van der Waals surface area (Å²) >= 11 is 0. The maximum Gasteiger partial charge on any atom is 0.286 e. The Balaban J connectivity index is 1.95. The van der Waals surface area contributed by atoms with Gasteiger partial charge in [0.25, 0.3) is 5.91 Å². The number of rotatable bonds is 2. The normalized spacial score (nSPS) is 16.0. The third-order valence-electron chi connectivity index (χ3n) is 2.67. The highest BCUT2D eigenvalue weighted by atomic mass is 16.2. The van der Waals surface area contributed by atoms with Gasteiger partial charge in [0, 0.05) is 32.4 Å². The van der Waals surface area contributed by atoms with Gasteiger partial charge in [0.05, 0.1) is 0 Å². The van der Waals surface area contributed by atoms with Crippen LogP contribution in [0.2, 0.25) is 0 Å². The average molecular weight is 219 g/mol. The van der Waals surface area contributed by atoms with Gasteiger partial charge in [-0.15, -0.1) is 0 Å². The van der Waals surface area contributed by atoms with Crippen LogP contribution >= 0.6 is 0 Å². The smallest absolute Gasteiger partial charge is 0.286 e. The molecule has 0 atom stereocenters. The molecule has 0 bridgehead atoms. The highest BCUT2D eigenvalue weighted by Gasteiger charge is 2.20. The number of carbonyl (C=O) groups excluding carboxylic acids is 2. The molecular weight excluding hydrogens is 206 g/mol. The van der Waals surface area contributed by atoms with Crippen molar-refractivity contribution >= 4 is 18.0 Å². The highest BCUT2D eigenvalue weighted by molar-refractivity contribution is 6.23.